The van der Waals surface area contributed by atoms with Crippen molar-refractivity contribution in [2.45, 2.75) is 31.6 Å². The van der Waals surface area contributed by atoms with E-state index in [1.807, 2.05) is 4.90 Å². The summed E-state index contributed by atoms with van der Waals surface area (Å²) in [6, 6.07) is 4.76. The maximum absolute atomic E-state index is 13.6. The van der Waals surface area contributed by atoms with Gasteiger partial charge in [-0.3, -0.25) is 4.99 Å². The third-order valence-electron chi connectivity index (χ3n) is 4.79. The molecular weight excluding hydrogens is 357 g/mol. The van der Waals surface area contributed by atoms with Gasteiger partial charge in [-0.15, -0.1) is 0 Å². The Morgan fingerprint density at radius 3 is 2.56 bits per heavy atom. The number of alkyl halides is 3. The van der Waals surface area contributed by atoms with Crippen LogP contribution in [0, 0.1) is 0 Å². The molecule has 0 amide bonds. The average molecular weight is 382 g/mol. The van der Waals surface area contributed by atoms with Crippen molar-refractivity contribution < 1.29 is 17.9 Å². The predicted octanol–water partition coefficient (Wildman–Crippen LogP) is 2.93. The highest BCUT2D eigenvalue weighted by Gasteiger charge is 2.34. The van der Waals surface area contributed by atoms with E-state index in [4.69, 9.17) is 4.74 Å². The van der Waals surface area contributed by atoms with Gasteiger partial charge >= 0.3 is 6.18 Å². The van der Waals surface area contributed by atoms with Crippen LogP contribution in [-0.2, 0) is 17.5 Å². The average Bonchev–Trinajstić information content (AvgIpc) is 3.18. The van der Waals surface area contributed by atoms with E-state index in [1.165, 1.54) is 6.07 Å². The predicted molar refractivity (Wildman–Crippen MR) is 100.0 cm³/mol. The number of benzene rings is 1. The van der Waals surface area contributed by atoms with Gasteiger partial charge in [0, 0.05) is 38.4 Å². The Bertz CT molecular complexity index is 689. The zero-order valence-corrected chi connectivity index (χ0v) is 15.4. The molecule has 1 heterocycles. The number of anilines is 1. The summed E-state index contributed by atoms with van der Waals surface area (Å²) in [4.78, 5) is 6.03. The van der Waals surface area contributed by atoms with E-state index >= 15 is 0 Å². The van der Waals surface area contributed by atoms with E-state index in [-0.39, 0.29) is 18.2 Å². The molecule has 2 aliphatic rings. The van der Waals surface area contributed by atoms with Crippen molar-refractivity contribution in [3.8, 4) is 0 Å². The number of halogens is 3. The van der Waals surface area contributed by atoms with Gasteiger partial charge in [-0.05, 0) is 30.5 Å². The first kappa shape index (κ1) is 19.5. The fourth-order valence-corrected chi connectivity index (χ4v) is 3.30. The molecule has 0 aromatic heterocycles. The van der Waals surface area contributed by atoms with Gasteiger partial charge in [0.2, 0.25) is 0 Å². The topological polar surface area (TPSA) is 48.9 Å². The summed E-state index contributed by atoms with van der Waals surface area (Å²) in [5.74, 6) is 0.508. The maximum atomic E-state index is 13.6. The molecule has 2 N–H and O–H groups in total. The monoisotopic (exact) mass is 382 g/mol. The molecule has 0 radical (unpaired) electrons. The standard InChI is InChI=1S/C19H25F3N4O/c1-23-18(25-15-4-2-3-5-15)24-13-14-6-7-16(12-17(14)19(20,21)22)26-8-10-27-11-9-26/h2-3,6-7,12,15H,4-5,8-11,13H2,1H3,(H2,23,24,25). The number of aliphatic imine (C=N–C) groups is 1. The van der Waals surface area contributed by atoms with Gasteiger partial charge in [0.05, 0.1) is 18.8 Å². The van der Waals surface area contributed by atoms with Crippen LogP contribution in [0.5, 0.6) is 0 Å². The molecule has 3 rings (SSSR count). The van der Waals surface area contributed by atoms with Crippen LogP contribution in [0.2, 0.25) is 0 Å². The lowest BCUT2D eigenvalue weighted by atomic mass is 10.0. The first-order valence-electron chi connectivity index (χ1n) is 9.12. The number of guanidine groups is 1. The molecule has 0 atom stereocenters. The highest BCUT2D eigenvalue weighted by molar-refractivity contribution is 5.80. The summed E-state index contributed by atoms with van der Waals surface area (Å²) in [6.45, 7) is 2.31. The molecule has 0 saturated carbocycles. The lowest BCUT2D eigenvalue weighted by Crippen LogP contribution is -2.42. The Hall–Kier alpha value is -2.22. The molecule has 1 fully saturated rings. The summed E-state index contributed by atoms with van der Waals surface area (Å²) >= 11 is 0. The number of rotatable bonds is 4. The number of ether oxygens (including phenoxy) is 1. The SMILES string of the molecule is CN=C(NCc1ccc(N2CCOCC2)cc1C(F)(F)F)NC1CC=CC1. The van der Waals surface area contributed by atoms with Gasteiger partial charge in [-0.25, -0.2) is 0 Å². The van der Waals surface area contributed by atoms with Gasteiger partial charge in [0.25, 0.3) is 0 Å². The second-order valence-electron chi connectivity index (χ2n) is 6.65. The minimum absolute atomic E-state index is 0.0536. The summed E-state index contributed by atoms with van der Waals surface area (Å²) in [7, 11) is 1.61. The van der Waals surface area contributed by atoms with Crippen LogP contribution >= 0.6 is 0 Å². The molecule has 8 heteroatoms. The van der Waals surface area contributed by atoms with Crippen molar-refractivity contribution in [3.05, 3.63) is 41.5 Å². The molecule has 1 aliphatic carbocycles. The van der Waals surface area contributed by atoms with E-state index in [9.17, 15) is 13.2 Å². The van der Waals surface area contributed by atoms with E-state index in [2.05, 4.69) is 27.8 Å². The summed E-state index contributed by atoms with van der Waals surface area (Å²) in [6.07, 6.45) is 1.53. The molecule has 148 valence electrons. The molecule has 0 spiro atoms. The minimum Gasteiger partial charge on any atom is -0.378 e. The molecule has 0 unspecified atom stereocenters. The molecule has 27 heavy (non-hydrogen) atoms. The Balaban J connectivity index is 1.71. The fourth-order valence-electron chi connectivity index (χ4n) is 3.30. The number of hydrogen-bond acceptors (Lipinski definition) is 3. The quantitative estimate of drug-likeness (QED) is 0.478. The second kappa shape index (κ2) is 8.65. The second-order valence-corrected chi connectivity index (χ2v) is 6.65. The van der Waals surface area contributed by atoms with Crippen molar-refractivity contribution in [3.63, 3.8) is 0 Å². The third kappa shape index (κ3) is 5.15. The van der Waals surface area contributed by atoms with E-state index in [0.29, 0.717) is 38.0 Å². The molecule has 1 aromatic carbocycles. The first-order valence-corrected chi connectivity index (χ1v) is 9.12. The zero-order valence-electron chi connectivity index (χ0n) is 15.4. The Morgan fingerprint density at radius 1 is 1.22 bits per heavy atom. The van der Waals surface area contributed by atoms with Gasteiger partial charge in [0.1, 0.15) is 0 Å². The van der Waals surface area contributed by atoms with Gasteiger partial charge in [-0.2, -0.15) is 13.2 Å². The van der Waals surface area contributed by atoms with Gasteiger partial charge in [-0.1, -0.05) is 18.2 Å². The van der Waals surface area contributed by atoms with Crippen LogP contribution < -0.4 is 15.5 Å². The van der Waals surface area contributed by atoms with Crippen LogP contribution in [0.15, 0.2) is 35.3 Å². The van der Waals surface area contributed by atoms with Crippen LogP contribution in [0.4, 0.5) is 18.9 Å². The van der Waals surface area contributed by atoms with E-state index in [1.54, 1.807) is 19.2 Å². The molecule has 1 aromatic rings. The molecular formula is C19H25F3N4O. The number of nitrogens with one attached hydrogen (secondary N) is 2. The van der Waals surface area contributed by atoms with E-state index in [0.717, 1.165) is 12.8 Å². The fraction of sp³-hybridized carbons (Fsp3) is 0.526. The zero-order chi connectivity index (χ0) is 19.3. The van der Waals surface area contributed by atoms with Crippen molar-refractivity contribution in [1.29, 1.82) is 0 Å². The normalized spacial score (nSPS) is 18.8. The smallest absolute Gasteiger partial charge is 0.378 e. The molecule has 1 saturated heterocycles. The van der Waals surface area contributed by atoms with E-state index < -0.39 is 11.7 Å². The summed E-state index contributed by atoms with van der Waals surface area (Å²) in [5, 5.41) is 6.23. The Labute approximate surface area is 157 Å². The van der Waals surface area contributed by atoms with Crippen LogP contribution in [0.1, 0.15) is 24.0 Å². The maximum Gasteiger partial charge on any atom is 0.416 e. The van der Waals surface area contributed by atoms with Crippen LogP contribution in [0.25, 0.3) is 0 Å². The lowest BCUT2D eigenvalue weighted by Gasteiger charge is -2.30. The van der Waals surface area contributed by atoms with Crippen LogP contribution in [-0.4, -0.2) is 45.4 Å². The highest BCUT2D eigenvalue weighted by atomic mass is 19.4. The van der Waals surface area contributed by atoms with Crippen molar-refractivity contribution in [1.82, 2.24) is 10.6 Å². The summed E-state index contributed by atoms with van der Waals surface area (Å²) in [5.41, 5.74) is 0.165. The Morgan fingerprint density at radius 2 is 1.93 bits per heavy atom. The number of hydrogen-bond donors (Lipinski definition) is 2. The first-order chi connectivity index (χ1) is 13.0. The third-order valence-corrected chi connectivity index (χ3v) is 4.79. The van der Waals surface area contributed by atoms with Crippen molar-refractivity contribution in [2.24, 2.45) is 4.99 Å². The van der Waals surface area contributed by atoms with Crippen LogP contribution in [0.3, 0.4) is 0 Å². The number of morpholine rings is 1. The Kier molecular flexibility index (Phi) is 6.26. The number of nitrogens with zero attached hydrogens (tertiary/aromatic N) is 2. The highest BCUT2D eigenvalue weighted by Crippen LogP contribution is 2.35. The molecule has 5 nitrogen and oxygen atoms in total. The molecule has 0 bridgehead atoms. The van der Waals surface area contributed by atoms with Crippen molar-refractivity contribution >= 4 is 11.6 Å². The summed E-state index contributed by atoms with van der Waals surface area (Å²) < 4.78 is 46.1. The lowest BCUT2D eigenvalue weighted by molar-refractivity contribution is -0.138. The largest absolute Gasteiger partial charge is 0.416 e. The van der Waals surface area contributed by atoms with Crippen molar-refractivity contribution in [2.75, 3.05) is 38.3 Å². The van der Waals surface area contributed by atoms with Gasteiger partial charge < -0.3 is 20.3 Å². The minimum atomic E-state index is -4.41. The molecule has 1 aliphatic heterocycles. The van der Waals surface area contributed by atoms with Gasteiger partial charge in [0.15, 0.2) is 5.96 Å².